The first-order valence-electron chi connectivity index (χ1n) is 4.56. The molecule has 1 N–H and O–H groups in total. The van der Waals surface area contributed by atoms with Crippen LogP contribution in [0.1, 0.15) is 22.9 Å². The predicted octanol–water partition coefficient (Wildman–Crippen LogP) is 2.94. The van der Waals surface area contributed by atoms with Crippen LogP contribution in [0, 0.1) is 3.57 Å². The Morgan fingerprint density at radius 2 is 2.12 bits per heavy atom. The van der Waals surface area contributed by atoms with Crippen LogP contribution in [0.2, 0.25) is 0 Å². The van der Waals surface area contributed by atoms with Crippen molar-refractivity contribution in [2.24, 2.45) is 0 Å². The van der Waals surface area contributed by atoms with E-state index in [0.717, 1.165) is 9.13 Å². The molecule has 0 heterocycles. The zero-order chi connectivity index (χ0) is 12.3. The second-order valence-corrected chi connectivity index (χ2v) is 5.55. The van der Waals surface area contributed by atoms with Gasteiger partial charge in [-0.2, -0.15) is 0 Å². The summed E-state index contributed by atoms with van der Waals surface area (Å²) < 4.78 is 0.979. The molecule has 1 aromatic rings. The Bertz CT molecular complexity index is 431. The molecule has 0 aliphatic carbocycles. The monoisotopic (exact) mass is 396 g/mol. The van der Waals surface area contributed by atoms with Crippen LogP contribution >= 0.6 is 38.5 Å². The number of alkyl halides is 1. The molecule has 0 aromatic heterocycles. The molecular formula is C11H10BrIO3. The van der Waals surface area contributed by atoms with Crippen molar-refractivity contribution in [1.82, 2.24) is 0 Å². The summed E-state index contributed by atoms with van der Waals surface area (Å²) >= 11 is 5.41. The molecule has 5 heteroatoms. The van der Waals surface area contributed by atoms with E-state index in [-0.39, 0.29) is 12.2 Å². The number of ketones is 1. The first kappa shape index (κ1) is 13.6. The average molecular weight is 397 g/mol. The molecule has 0 aliphatic rings. The lowest BCUT2D eigenvalue weighted by Gasteiger charge is -2.12. The Balaban J connectivity index is 3.17. The molecule has 0 amide bonds. The van der Waals surface area contributed by atoms with Crippen molar-refractivity contribution < 1.29 is 14.7 Å². The smallest absolute Gasteiger partial charge is 0.307 e. The van der Waals surface area contributed by atoms with Crippen LogP contribution in [0.25, 0.3) is 0 Å². The number of carboxylic acids is 1. The third-order valence-electron chi connectivity index (χ3n) is 2.08. The molecule has 0 aliphatic heterocycles. The van der Waals surface area contributed by atoms with Crippen molar-refractivity contribution in [2.75, 3.05) is 0 Å². The van der Waals surface area contributed by atoms with Crippen molar-refractivity contribution in [3.8, 4) is 0 Å². The summed E-state index contributed by atoms with van der Waals surface area (Å²) in [4.78, 5) is 21.6. The van der Waals surface area contributed by atoms with Crippen molar-refractivity contribution in [2.45, 2.75) is 18.2 Å². The van der Waals surface area contributed by atoms with E-state index in [1.807, 2.05) is 12.1 Å². The number of carboxylic acid groups (broad SMARTS) is 1. The largest absolute Gasteiger partial charge is 0.481 e. The Morgan fingerprint density at radius 3 is 2.62 bits per heavy atom. The van der Waals surface area contributed by atoms with Gasteiger partial charge >= 0.3 is 5.97 Å². The van der Waals surface area contributed by atoms with Crippen LogP contribution in [0.3, 0.4) is 0 Å². The number of Topliss-reactive ketones (excluding diaryl/α,β-unsaturated/α-hetero) is 1. The number of carbonyl (C=O) groups excluding carboxylic acids is 1. The highest BCUT2D eigenvalue weighted by Gasteiger charge is 2.18. The van der Waals surface area contributed by atoms with Gasteiger partial charge in [-0.25, -0.2) is 0 Å². The fourth-order valence-corrected chi connectivity index (χ4v) is 2.29. The number of halogens is 2. The SMILES string of the molecule is CC(=O)C(Br)c1cc(I)ccc1CC(=O)O. The molecule has 1 rings (SSSR count). The van der Waals surface area contributed by atoms with Crippen molar-refractivity contribution in [1.29, 1.82) is 0 Å². The fourth-order valence-electron chi connectivity index (χ4n) is 1.34. The number of rotatable bonds is 4. The fraction of sp³-hybridized carbons (Fsp3) is 0.273. The Labute approximate surface area is 116 Å². The van der Waals surface area contributed by atoms with E-state index < -0.39 is 10.8 Å². The highest BCUT2D eigenvalue weighted by atomic mass is 127. The summed E-state index contributed by atoms with van der Waals surface area (Å²) in [5, 5.41) is 8.78. The average Bonchev–Trinajstić information content (AvgIpc) is 2.18. The van der Waals surface area contributed by atoms with Gasteiger partial charge in [0.1, 0.15) is 5.78 Å². The minimum absolute atomic E-state index is 0.0337. The number of hydrogen-bond acceptors (Lipinski definition) is 2. The molecule has 0 spiro atoms. The number of carbonyl (C=O) groups is 2. The summed E-state index contributed by atoms with van der Waals surface area (Å²) in [6, 6.07) is 5.42. The zero-order valence-corrected chi connectivity index (χ0v) is 12.3. The van der Waals surface area contributed by atoms with Gasteiger partial charge in [0.2, 0.25) is 0 Å². The minimum atomic E-state index is -0.897. The van der Waals surface area contributed by atoms with Crippen molar-refractivity contribution >= 4 is 50.3 Å². The lowest BCUT2D eigenvalue weighted by molar-refractivity contribution is -0.136. The Hall–Kier alpha value is -0.430. The van der Waals surface area contributed by atoms with Gasteiger partial charge in [-0.15, -0.1) is 0 Å². The van der Waals surface area contributed by atoms with Gasteiger partial charge in [0.25, 0.3) is 0 Å². The molecular weight excluding hydrogens is 387 g/mol. The third-order valence-corrected chi connectivity index (χ3v) is 3.89. The van der Waals surface area contributed by atoms with Crippen molar-refractivity contribution in [3.63, 3.8) is 0 Å². The highest BCUT2D eigenvalue weighted by molar-refractivity contribution is 14.1. The molecule has 0 bridgehead atoms. The molecule has 0 radical (unpaired) electrons. The van der Waals surface area contributed by atoms with Crippen LogP contribution in [-0.4, -0.2) is 16.9 Å². The van der Waals surface area contributed by atoms with Gasteiger partial charge < -0.3 is 5.11 Å². The van der Waals surface area contributed by atoms with Crippen LogP contribution in [-0.2, 0) is 16.0 Å². The van der Waals surface area contributed by atoms with Gasteiger partial charge in [-0.3, -0.25) is 9.59 Å². The quantitative estimate of drug-likeness (QED) is 0.628. The molecule has 16 heavy (non-hydrogen) atoms. The standard InChI is InChI=1S/C11H10BrIO3/c1-6(14)11(12)9-5-8(13)3-2-7(9)4-10(15)16/h2-3,5,11H,4H2,1H3,(H,15,16). The summed E-state index contributed by atoms with van der Waals surface area (Å²) in [6.07, 6.45) is -0.0678. The first-order valence-corrected chi connectivity index (χ1v) is 6.56. The van der Waals surface area contributed by atoms with E-state index in [2.05, 4.69) is 38.5 Å². The summed E-state index contributed by atoms with van der Waals surface area (Å²) in [5.41, 5.74) is 1.41. The van der Waals surface area contributed by atoms with Crippen molar-refractivity contribution in [3.05, 3.63) is 32.9 Å². The normalized spacial score (nSPS) is 12.2. The van der Waals surface area contributed by atoms with E-state index in [0.29, 0.717) is 5.56 Å². The summed E-state index contributed by atoms with van der Waals surface area (Å²) in [6.45, 7) is 1.48. The molecule has 86 valence electrons. The van der Waals surface area contributed by atoms with Gasteiger partial charge in [0, 0.05) is 3.57 Å². The molecule has 1 atom stereocenters. The van der Waals surface area contributed by atoms with E-state index in [4.69, 9.17) is 5.11 Å². The molecule has 3 nitrogen and oxygen atoms in total. The lowest BCUT2D eigenvalue weighted by atomic mass is 10.0. The van der Waals surface area contributed by atoms with Gasteiger partial charge in [-0.1, -0.05) is 22.0 Å². The topological polar surface area (TPSA) is 54.4 Å². The summed E-state index contributed by atoms with van der Waals surface area (Å²) in [5.74, 6) is -0.931. The van der Waals surface area contributed by atoms with Crippen LogP contribution in [0.15, 0.2) is 18.2 Å². The Kier molecular flexibility index (Phi) is 4.91. The van der Waals surface area contributed by atoms with Gasteiger partial charge in [0.15, 0.2) is 0 Å². The zero-order valence-electron chi connectivity index (χ0n) is 8.54. The van der Waals surface area contributed by atoms with Gasteiger partial charge in [0.05, 0.1) is 11.2 Å². The van der Waals surface area contributed by atoms with Crippen LogP contribution < -0.4 is 0 Å². The maximum absolute atomic E-state index is 11.3. The van der Waals surface area contributed by atoms with E-state index in [1.165, 1.54) is 6.92 Å². The Morgan fingerprint density at radius 1 is 1.50 bits per heavy atom. The first-order chi connectivity index (χ1) is 7.41. The number of aliphatic carboxylic acids is 1. The maximum atomic E-state index is 11.3. The second kappa shape index (κ2) is 5.77. The number of hydrogen-bond donors (Lipinski definition) is 1. The van der Waals surface area contributed by atoms with Gasteiger partial charge in [-0.05, 0) is 52.8 Å². The molecule has 1 aromatic carbocycles. The highest BCUT2D eigenvalue weighted by Crippen LogP contribution is 2.28. The maximum Gasteiger partial charge on any atom is 0.307 e. The summed E-state index contributed by atoms with van der Waals surface area (Å²) in [7, 11) is 0. The van der Waals surface area contributed by atoms with Crippen LogP contribution in [0.4, 0.5) is 0 Å². The molecule has 0 saturated heterocycles. The van der Waals surface area contributed by atoms with E-state index >= 15 is 0 Å². The third kappa shape index (κ3) is 3.55. The van der Waals surface area contributed by atoms with E-state index in [9.17, 15) is 9.59 Å². The van der Waals surface area contributed by atoms with E-state index in [1.54, 1.807) is 6.07 Å². The molecule has 1 unspecified atom stereocenters. The minimum Gasteiger partial charge on any atom is -0.481 e. The van der Waals surface area contributed by atoms with Crippen LogP contribution in [0.5, 0.6) is 0 Å². The molecule has 0 fully saturated rings. The lowest BCUT2D eigenvalue weighted by Crippen LogP contribution is -2.09. The number of benzene rings is 1. The molecule has 0 saturated carbocycles. The second-order valence-electron chi connectivity index (χ2n) is 3.39. The predicted molar refractivity (Wildman–Crippen MR) is 72.8 cm³/mol.